The maximum Gasteiger partial charge on any atom is 0.306 e. The molecule has 0 atom stereocenters. The lowest BCUT2D eigenvalue weighted by Crippen LogP contribution is -2.30. The summed E-state index contributed by atoms with van der Waals surface area (Å²) in [5.41, 5.74) is 0. The monoisotopic (exact) mass is 933 g/mol. The highest BCUT2D eigenvalue weighted by Gasteiger charge is 2.19. The SMILES string of the molecule is CCCCC/C=C\C/C=C\C/C=C\CCCCCCC(=O)OCC(COC(=O)CCCCCC/C=C\C/C=C\C/C=C\CCCCC)OC(=O)CCCCCCC/C=C\CCCCCCCC. The molecule has 0 spiro atoms. The number of hydrogen-bond donors (Lipinski definition) is 0. The third-order valence-electron chi connectivity index (χ3n) is 11.8. The number of allylic oxidation sites excluding steroid dienone is 14. The second-order valence-electron chi connectivity index (χ2n) is 18.5. The third kappa shape index (κ3) is 53.4. The summed E-state index contributed by atoms with van der Waals surface area (Å²) in [5, 5.41) is 0. The smallest absolute Gasteiger partial charge is 0.306 e. The summed E-state index contributed by atoms with van der Waals surface area (Å²) in [6.45, 7) is 6.54. The van der Waals surface area contributed by atoms with Gasteiger partial charge >= 0.3 is 17.9 Å². The minimum Gasteiger partial charge on any atom is -0.462 e. The molecule has 6 heteroatoms. The first kappa shape index (κ1) is 63.6. The summed E-state index contributed by atoms with van der Waals surface area (Å²) in [6.07, 6.45) is 71.3. The van der Waals surface area contributed by atoms with Crippen LogP contribution in [0.3, 0.4) is 0 Å². The molecule has 0 aromatic carbocycles. The van der Waals surface area contributed by atoms with Crippen LogP contribution in [-0.4, -0.2) is 37.2 Å². The van der Waals surface area contributed by atoms with Crippen LogP contribution in [0.15, 0.2) is 85.1 Å². The van der Waals surface area contributed by atoms with Crippen LogP contribution < -0.4 is 0 Å². The van der Waals surface area contributed by atoms with Crippen molar-refractivity contribution < 1.29 is 28.6 Å². The van der Waals surface area contributed by atoms with Crippen LogP contribution in [0.1, 0.15) is 265 Å². The van der Waals surface area contributed by atoms with Crippen molar-refractivity contribution in [3.05, 3.63) is 85.1 Å². The summed E-state index contributed by atoms with van der Waals surface area (Å²) in [5.74, 6) is -0.945. The van der Waals surface area contributed by atoms with E-state index >= 15 is 0 Å². The first-order valence-electron chi connectivity index (χ1n) is 28.1. The van der Waals surface area contributed by atoms with Crippen LogP contribution in [0, 0.1) is 0 Å². The van der Waals surface area contributed by atoms with Gasteiger partial charge in [0.1, 0.15) is 13.2 Å². The fraction of sp³-hybridized carbons (Fsp3) is 0.721. The van der Waals surface area contributed by atoms with Gasteiger partial charge in [0.15, 0.2) is 6.10 Å². The van der Waals surface area contributed by atoms with Gasteiger partial charge in [-0.3, -0.25) is 14.4 Å². The van der Waals surface area contributed by atoms with Crippen LogP contribution in [0.5, 0.6) is 0 Å². The normalized spacial score (nSPS) is 12.3. The van der Waals surface area contributed by atoms with Gasteiger partial charge in [-0.2, -0.15) is 0 Å². The molecule has 0 bridgehead atoms. The Balaban J connectivity index is 4.48. The largest absolute Gasteiger partial charge is 0.462 e. The topological polar surface area (TPSA) is 78.9 Å². The molecule has 0 aliphatic carbocycles. The number of esters is 3. The van der Waals surface area contributed by atoms with E-state index in [9.17, 15) is 14.4 Å². The standard InChI is InChI=1S/C61H104O6/c1-4-7-10-13-16-19-22-25-28-30-33-35-38-41-44-47-50-53-59(62)65-56-58(67-61(64)55-52-49-46-43-40-37-32-27-24-21-18-15-12-9-6-3)57-66-60(63)54-51-48-45-42-39-36-34-31-29-26-23-20-17-14-11-8-5-2/h16-17,19-20,25-29,32-36,58H,4-15,18,21-24,30-31,37-57H2,1-3H3/b19-16-,20-17-,28-25-,29-26-,32-27-,35-33-,36-34-. The van der Waals surface area contributed by atoms with E-state index in [1.54, 1.807) is 0 Å². The number of carbonyl (C=O) groups is 3. The van der Waals surface area contributed by atoms with Gasteiger partial charge in [0, 0.05) is 19.3 Å². The van der Waals surface area contributed by atoms with E-state index in [0.717, 1.165) is 122 Å². The molecule has 0 aliphatic heterocycles. The average Bonchev–Trinajstić information content (AvgIpc) is 3.33. The lowest BCUT2D eigenvalue weighted by molar-refractivity contribution is -0.167. The molecule has 0 unspecified atom stereocenters. The van der Waals surface area contributed by atoms with Gasteiger partial charge in [-0.25, -0.2) is 0 Å². The van der Waals surface area contributed by atoms with E-state index in [1.165, 1.54) is 103 Å². The van der Waals surface area contributed by atoms with Crippen molar-refractivity contribution in [3.8, 4) is 0 Å². The highest BCUT2D eigenvalue weighted by Crippen LogP contribution is 2.13. The molecule has 0 aliphatic rings. The van der Waals surface area contributed by atoms with Crippen LogP contribution >= 0.6 is 0 Å². The minimum absolute atomic E-state index is 0.0990. The lowest BCUT2D eigenvalue weighted by atomic mass is 10.1. The summed E-state index contributed by atoms with van der Waals surface area (Å²) in [7, 11) is 0. The van der Waals surface area contributed by atoms with E-state index < -0.39 is 6.10 Å². The van der Waals surface area contributed by atoms with Gasteiger partial charge in [-0.05, 0) is 122 Å². The van der Waals surface area contributed by atoms with Gasteiger partial charge < -0.3 is 14.2 Å². The molecule has 0 N–H and O–H groups in total. The highest BCUT2D eigenvalue weighted by atomic mass is 16.6. The van der Waals surface area contributed by atoms with Crippen molar-refractivity contribution in [1.82, 2.24) is 0 Å². The van der Waals surface area contributed by atoms with Crippen LogP contribution in [-0.2, 0) is 28.6 Å². The van der Waals surface area contributed by atoms with E-state index in [1.807, 2.05) is 0 Å². The van der Waals surface area contributed by atoms with Crippen molar-refractivity contribution in [1.29, 1.82) is 0 Å². The number of rotatable bonds is 50. The van der Waals surface area contributed by atoms with Crippen molar-refractivity contribution >= 4 is 17.9 Å². The predicted octanol–water partition coefficient (Wildman–Crippen LogP) is 18.8. The molecule has 384 valence electrons. The Bertz CT molecular complexity index is 1230. The van der Waals surface area contributed by atoms with Gasteiger partial charge in [-0.15, -0.1) is 0 Å². The Morgan fingerprint density at radius 2 is 0.537 bits per heavy atom. The predicted molar refractivity (Wildman–Crippen MR) is 288 cm³/mol. The zero-order chi connectivity index (χ0) is 48.6. The number of ether oxygens (including phenoxy) is 3. The maximum atomic E-state index is 12.8. The summed E-state index contributed by atoms with van der Waals surface area (Å²) < 4.78 is 16.8. The molecule has 0 heterocycles. The first-order valence-corrected chi connectivity index (χ1v) is 28.1. The maximum absolute atomic E-state index is 12.8. The molecule has 0 aromatic rings. The molecule has 0 saturated heterocycles. The zero-order valence-electron chi connectivity index (χ0n) is 43.9. The summed E-state index contributed by atoms with van der Waals surface area (Å²) >= 11 is 0. The molecule has 0 radical (unpaired) electrons. The minimum atomic E-state index is -0.800. The molecular weight excluding hydrogens is 829 g/mol. The quantitative estimate of drug-likeness (QED) is 0.0262. The number of carbonyl (C=O) groups excluding carboxylic acids is 3. The van der Waals surface area contributed by atoms with E-state index in [-0.39, 0.29) is 31.1 Å². The molecular formula is C61H104O6. The first-order chi connectivity index (χ1) is 33.0. The van der Waals surface area contributed by atoms with Crippen LogP contribution in [0.2, 0.25) is 0 Å². The lowest BCUT2D eigenvalue weighted by Gasteiger charge is -2.18. The molecule has 0 saturated carbocycles. The van der Waals surface area contributed by atoms with E-state index in [0.29, 0.717) is 19.3 Å². The van der Waals surface area contributed by atoms with Gasteiger partial charge in [0.25, 0.3) is 0 Å². The van der Waals surface area contributed by atoms with Crippen molar-refractivity contribution in [2.45, 2.75) is 271 Å². The Morgan fingerprint density at radius 3 is 0.881 bits per heavy atom. The fourth-order valence-electron chi connectivity index (χ4n) is 7.57. The number of unbranched alkanes of at least 4 members (excludes halogenated alkanes) is 25. The van der Waals surface area contributed by atoms with Crippen LogP contribution in [0.4, 0.5) is 0 Å². The molecule has 0 fully saturated rings. The van der Waals surface area contributed by atoms with E-state index in [2.05, 4.69) is 106 Å². The molecule has 0 amide bonds. The summed E-state index contributed by atoms with van der Waals surface area (Å²) in [4.78, 5) is 38.1. The van der Waals surface area contributed by atoms with E-state index in [4.69, 9.17) is 14.2 Å². The molecule has 0 aromatic heterocycles. The average molecular weight is 933 g/mol. The Kier molecular flexibility index (Phi) is 52.4. The van der Waals surface area contributed by atoms with Crippen molar-refractivity contribution in [2.24, 2.45) is 0 Å². The Morgan fingerprint density at radius 1 is 0.299 bits per heavy atom. The van der Waals surface area contributed by atoms with Crippen LogP contribution in [0.25, 0.3) is 0 Å². The van der Waals surface area contributed by atoms with Crippen molar-refractivity contribution in [3.63, 3.8) is 0 Å². The highest BCUT2D eigenvalue weighted by molar-refractivity contribution is 5.71. The second kappa shape index (κ2) is 55.2. The third-order valence-corrected chi connectivity index (χ3v) is 11.8. The van der Waals surface area contributed by atoms with Crippen molar-refractivity contribution in [2.75, 3.05) is 13.2 Å². The molecule has 6 nitrogen and oxygen atoms in total. The second-order valence-corrected chi connectivity index (χ2v) is 18.5. The Labute approximate surface area is 414 Å². The van der Waals surface area contributed by atoms with Gasteiger partial charge in [0.2, 0.25) is 0 Å². The zero-order valence-corrected chi connectivity index (χ0v) is 43.9. The Hall–Kier alpha value is -3.41. The fourth-order valence-corrected chi connectivity index (χ4v) is 7.57. The molecule has 67 heavy (non-hydrogen) atoms. The summed E-state index contributed by atoms with van der Waals surface area (Å²) in [6, 6.07) is 0. The van der Waals surface area contributed by atoms with Gasteiger partial charge in [-0.1, -0.05) is 209 Å². The number of hydrogen-bond acceptors (Lipinski definition) is 6. The van der Waals surface area contributed by atoms with Gasteiger partial charge in [0.05, 0.1) is 0 Å². The molecule has 0 rings (SSSR count).